The number of halogens is 1. The Morgan fingerprint density at radius 2 is 2.00 bits per heavy atom. The molecule has 1 aliphatic rings. The zero-order valence-corrected chi connectivity index (χ0v) is 18.5. The summed E-state index contributed by atoms with van der Waals surface area (Å²) in [6.07, 6.45) is 0.930. The molecule has 7 nitrogen and oxygen atoms in total. The van der Waals surface area contributed by atoms with E-state index >= 15 is 0 Å². The molecule has 0 N–H and O–H groups in total. The number of hydrogen-bond acceptors (Lipinski definition) is 7. The van der Waals surface area contributed by atoms with Gasteiger partial charge in [0, 0.05) is 30.7 Å². The van der Waals surface area contributed by atoms with Gasteiger partial charge in [-0.15, -0.1) is 5.10 Å². The number of thioether (sulfide) groups is 1. The monoisotopic (exact) mass is 430 g/mol. The van der Waals surface area contributed by atoms with Crippen LogP contribution in [0.3, 0.4) is 0 Å². The van der Waals surface area contributed by atoms with Gasteiger partial charge in [0.1, 0.15) is 5.82 Å². The second kappa shape index (κ2) is 7.57. The molecule has 1 saturated heterocycles. The lowest BCUT2D eigenvalue weighted by molar-refractivity contribution is -0.109. The predicted molar refractivity (Wildman–Crippen MR) is 117 cm³/mol. The Bertz CT molecular complexity index is 1080. The molecule has 0 amide bonds. The minimum absolute atomic E-state index is 0.143. The van der Waals surface area contributed by atoms with Crippen molar-refractivity contribution in [2.24, 2.45) is 0 Å². The molecule has 3 heterocycles. The first-order chi connectivity index (χ1) is 13.7. The molecule has 0 bridgehead atoms. The summed E-state index contributed by atoms with van der Waals surface area (Å²) in [6, 6.07) is 7.50. The van der Waals surface area contributed by atoms with Gasteiger partial charge in [-0.3, -0.25) is 4.79 Å². The second-order valence-corrected chi connectivity index (χ2v) is 10.1. The summed E-state index contributed by atoms with van der Waals surface area (Å²) in [5.74, 6) is 1.49. The molecule has 1 aliphatic heterocycles. The van der Waals surface area contributed by atoms with Crippen molar-refractivity contribution in [3.8, 4) is 5.69 Å². The van der Waals surface area contributed by atoms with Crippen molar-refractivity contribution in [3.05, 3.63) is 35.1 Å². The van der Waals surface area contributed by atoms with Crippen molar-refractivity contribution in [2.75, 3.05) is 18.0 Å². The zero-order chi connectivity index (χ0) is 20.8. The summed E-state index contributed by atoms with van der Waals surface area (Å²) < 4.78 is 1.68. The highest BCUT2D eigenvalue weighted by molar-refractivity contribution is 8.14. The van der Waals surface area contributed by atoms with Crippen LogP contribution in [0.25, 0.3) is 16.9 Å². The Kier molecular flexibility index (Phi) is 5.25. The number of anilines is 1. The Morgan fingerprint density at radius 3 is 2.69 bits per heavy atom. The van der Waals surface area contributed by atoms with Crippen molar-refractivity contribution in [2.45, 2.75) is 44.8 Å². The largest absolute Gasteiger partial charge is 0.353 e. The van der Waals surface area contributed by atoms with E-state index in [1.807, 2.05) is 24.3 Å². The molecule has 0 spiro atoms. The average molecular weight is 431 g/mol. The van der Waals surface area contributed by atoms with Gasteiger partial charge < -0.3 is 4.90 Å². The number of para-hydroxylation sites is 1. The summed E-state index contributed by atoms with van der Waals surface area (Å²) in [4.78, 5) is 23.4. The quantitative estimate of drug-likeness (QED) is 0.621. The van der Waals surface area contributed by atoms with Crippen LogP contribution in [0.2, 0.25) is 5.02 Å². The zero-order valence-electron chi connectivity index (χ0n) is 16.9. The number of hydrogen-bond donors (Lipinski definition) is 0. The van der Waals surface area contributed by atoms with Gasteiger partial charge in [-0.2, -0.15) is 4.68 Å². The number of aromatic nitrogens is 5. The minimum atomic E-state index is -0.244. The molecule has 2 aromatic heterocycles. The number of fused-ring (bicyclic) bond motifs is 1. The van der Waals surface area contributed by atoms with Crippen LogP contribution >= 0.6 is 23.4 Å². The molecule has 0 aliphatic carbocycles. The molecule has 4 rings (SSSR count). The summed E-state index contributed by atoms with van der Waals surface area (Å²) in [5.41, 5.74) is 1.76. The molecule has 1 unspecified atom stereocenters. The summed E-state index contributed by atoms with van der Waals surface area (Å²) >= 11 is 7.80. The highest BCUT2D eigenvalue weighted by Gasteiger charge is 2.30. The van der Waals surface area contributed by atoms with Crippen molar-refractivity contribution in [3.63, 3.8) is 0 Å². The predicted octanol–water partition coefficient (Wildman–Crippen LogP) is 4.02. The third kappa shape index (κ3) is 3.96. The number of rotatable bonds is 3. The molecule has 9 heteroatoms. The Morgan fingerprint density at radius 1 is 1.24 bits per heavy atom. The first-order valence-electron chi connectivity index (χ1n) is 9.55. The van der Waals surface area contributed by atoms with Gasteiger partial charge in [0.25, 0.3) is 0 Å². The smallest absolute Gasteiger partial charge is 0.189 e. The van der Waals surface area contributed by atoms with Crippen LogP contribution in [0.4, 0.5) is 5.82 Å². The standard InChI is InChI=1S/C20H23ClN6OS/c1-12(28)29-13-9-10-26(11-13)17-16-18(23-19(22-17)20(2,3)4)27(25-24-16)15-8-6-5-7-14(15)21/h5-8,13H,9-11H2,1-4H3. The maximum absolute atomic E-state index is 11.5. The third-order valence-corrected chi connectivity index (χ3v) is 6.18. The van der Waals surface area contributed by atoms with E-state index < -0.39 is 0 Å². The minimum Gasteiger partial charge on any atom is -0.353 e. The molecule has 3 aromatic rings. The lowest BCUT2D eigenvalue weighted by Crippen LogP contribution is -2.25. The van der Waals surface area contributed by atoms with E-state index in [2.05, 4.69) is 36.0 Å². The second-order valence-electron chi connectivity index (χ2n) is 8.21. The topological polar surface area (TPSA) is 76.8 Å². The van der Waals surface area contributed by atoms with E-state index in [1.54, 1.807) is 11.6 Å². The van der Waals surface area contributed by atoms with E-state index in [0.717, 1.165) is 36.8 Å². The fourth-order valence-corrected chi connectivity index (χ4v) is 4.56. The van der Waals surface area contributed by atoms with Crippen molar-refractivity contribution in [1.82, 2.24) is 25.0 Å². The van der Waals surface area contributed by atoms with Gasteiger partial charge in [0.15, 0.2) is 22.1 Å². The van der Waals surface area contributed by atoms with E-state index in [4.69, 9.17) is 21.6 Å². The highest BCUT2D eigenvalue weighted by atomic mass is 35.5. The molecule has 1 fully saturated rings. The number of carbonyl (C=O) groups is 1. The molecular weight excluding hydrogens is 408 g/mol. The summed E-state index contributed by atoms with van der Waals surface area (Å²) in [6.45, 7) is 9.43. The van der Waals surface area contributed by atoms with Crippen molar-refractivity contribution in [1.29, 1.82) is 0 Å². The Hall–Kier alpha value is -2.19. The van der Waals surface area contributed by atoms with Crippen LogP contribution in [0.1, 0.15) is 39.9 Å². The van der Waals surface area contributed by atoms with Crippen LogP contribution in [0, 0.1) is 0 Å². The van der Waals surface area contributed by atoms with Crippen LogP contribution in [0.5, 0.6) is 0 Å². The van der Waals surface area contributed by atoms with E-state index in [9.17, 15) is 4.79 Å². The van der Waals surface area contributed by atoms with Gasteiger partial charge in [-0.25, -0.2) is 9.97 Å². The fraction of sp³-hybridized carbons (Fsp3) is 0.450. The average Bonchev–Trinajstić information content (AvgIpc) is 3.27. The van der Waals surface area contributed by atoms with Gasteiger partial charge in [0.05, 0.1) is 10.7 Å². The molecule has 1 aromatic carbocycles. The lowest BCUT2D eigenvalue weighted by Gasteiger charge is -2.22. The maximum Gasteiger partial charge on any atom is 0.189 e. The molecule has 152 valence electrons. The van der Waals surface area contributed by atoms with Gasteiger partial charge >= 0.3 is 0 Å². The van der Waals surface area contributed by atoms with E-state index in [1.165, 1.54) is 11.8 Å². The molecule has 0 saturated carbocycles. The SMILES string of the molecule is CC(=O)SC1CCN(c2nc(C(C)(C)C)nc3c2nnn3-c2ccccc2Cl)C1. The number of benzene rings is 1. The Labute approximate surface area is 178 Å². The third-order valence-electron chi connectivity index (χ3n) is 4.81. The van der Waals surface area contributed by atoms with Crippen LogP contribution in [-0.4, -0.2) is 48.4 Å². The number of nitrogens with zero attached hydrogens (tertiary/aromatic N) is 6. The van der Waals surface area contributed by atoms with Crippen LogP contribution < -0.4 is 4.90 Å². The van der Waals surface area contributed by atoms with Gasteiger partial charge in [-0.1, -0.05) is 61.5 Å². The van der Waals surface area contributed by atoms with Gasteiger partial charge in [0.2, 0.25) is 0 Å². The fourth-order valence-electron chi connectivity index (χ4n) is 3.39. The summed E-state index contributed by atoms with van der Waals surface area (Å²) in [7, 11) is 0. The first-order valence-corrected chi connectivity index (χ1v) is 10.8. The summed E-state index contributed by atoms with van der Waals surface area (Å²) in [5, 5.41) is 9.73. The van der Waals surface area contributed by atoms with Crippen LogP contribution in [0.15, 0.2) is 24.3 Å². The normalized spacial score (nSPS) is 17.3. The van der Waals surface area contributed by atoms with E-state index in [-0.39, 0.29) is 15.8 Å². The molecule has 1 atom stereocenters. The Balaban J connectivity index is 1.85. The molecule has 0 radical (unpaired) electrons. The van der Waals surface area contributed by atoms with Gasteiger partial charge in [-0.05, 0) is 18.6 Å². The van der Waals surface area contributed by atoms with Crippen LogP contribution in [-0.2, 0) is 10.2 Å². The first kappa shape index (κ1) is 20.1. The molecule has 29 heavy (non-hydrogen) atoms. The van der Waals surface area contributed by atoms with Crippen molar-refractivity contribution < 1.29 is 4.79 Å². The lowest BCUT2D eigenvalue weighted by atomic mass is 9.96. The highest BCUT2D eigenvalue weighted by Crippen LogP contribution is 2.33. The number of carbonyl (C=O) groups excluding carboxylic acids is 1. The van der Waals surface area contributed by atoms with E-state index in [0.29, 0.717) is 16.2 Å². The van der Waals surface area contributed by atoms with Crippen molar-refractivity contribution >= 4 is 45.5 Å². The molecular formula is C20H23ClN6OS. The maximum atomic E-state index is 11.5.